The fourth-order valence-corrected chi connectivity index (χ4v) is 5.70. The van der Waals surface area contributed by atoms with Gasteiger partial charge in [-0.25, -0.2) is 0 Å². The highest BCUT2D eigenvalue weighted by atomic mass is 32.2. The van der Waals surface area contributed by atoms with Crippen molar-refractivity contribution >= 4 is 35.0 Å². The number of anilines is 2. The Hall–Kier alpha value is -5.09. The summed E-state index contributed by atoms with van der Waals surface area (Å²) in [6.45, 7) is 10.9. The predicted molar refractivity (Wildman–Crippen MR) is 188 cm³/mol. The Bertz CT molecular complexity index is 1850. The van der Waals surface area contributed by atoms with Gasteiger partial charge in [0.15, 0.2) is 11.0 Å². The number of rotatable bonds is 11. The van der Waals surface area contributed by atoms with Gasteiger partial charge >= 0.3 is 0 Å². The molecule has 5 rings (SSSR count). The number of ether oxygens (including phenoxy) is 2. The van der Waals surface area contributed by atoms with Crippen molar-refractivity contribution in [3.8, 4) is 28.6 Å². The Balaban J connectivity index is 1.36. The van der Waals surface area contributed by atoms with Crippen LogP contribution in [0.2, 0.25) is 0 Å². The number of carbonyl (C=O) groups is 2. The summed E-state index contributed by atoms with van der Waals surface area (Å²) in [5.41, 5.74) is 5.41. The maximum atomic E-state index is 13.3. The number of nitrogens with zero attached hydrogens (tertiary/aromatic N) is 3. The third-order valence-corrected chi connectivity index (χ3v) is 8.41. The maximum absolute atomic E-state index is 13.3. The van der Waals surface area contributed by atoms with Crippen LogP contribution in [0, 0.1) is 6.92 Å². The third-order valence-electron chi connectivity index (χ3n) is 7.49. The van der Waals surface area contributed by atoms with Gasteiger partial charge in [0, 0.05) is 28.6 Å². The van der Waals surface area contributed by atoms with E-state index in [0.29, 0.717) is 40.3 Å². The molecule has 0 bridgehead atoms. The van der Waals surface area contributed by atoms with E-state index in [1.54, 1.807) is 24.3 Å². The SMILES string of the molecule is CCOc1ccc(-n2c(SCC(=O)Nc3cc(C)c(NC(=O)c4ccccc4)cc3OC)nnc2-c2ccc(C(C)(C)C)cc2)cc1. The molecule has 242 valence electrons. The summed E-state index contributed by atoms with van der Waals surface area (Å²) in [7, 11) is 1.52. The van der Waals surface area contributed by atoms with E-state index in [1.165, 1.54) is 24.4 Å². The summed E-state index contributed by atoms with van der Waals surface area (Å²) in [6, 6.07) is 28.5. The smallest absolute Gasteiger partial charge is 0.255 e. The predicted octanol–water partition coefficient (Wildman–Crippen LogP) is 7.93. The fraction of sp³-hybridized carbons (Fsp3) is 0.243. The third kappa shape index (κ3) is 8.01. The van der Waals surface area contributed by atoms with E-state index in [4.69, 9.17) is 9.47 Å². The molecule has 0 saturated heterocycles. The van der Waals surface area contributed by atoms with Crippen molar-refractivity contribution in [1.82, 2.24) is 14.8 Å². The fourth-order valence-electron chi connectivity index (χ4n) is 4.95. The molecule has 0 fully saturated rings. The Morgan fingerprint density at radius 1 is 0.872 bits per heavy atom. The van der Waals surface area contributed by atoms with Crippen LogP contribution >= 0.6 is 11.8 Å². The molecule has 0 aliphatic heterocycles. The summed E-state index contributed by atoms with van der Waals surface area (Å²) in [5, 5.41) is 15.5. The Morgan fingerprint density at radius 3 is 2.21 bits per heavy atom. The summed E-state index contributed by atoms with van der Waals surface area (Å²) in [5.74, 6) is 1.46. The van der Waals surface area contributed by atoms with Crippen molar-refractivity contribution < 1.29 is 19.1 Å². The second-order valence-corrected chi connectivity index (χ2v) is 12.9. The molecule has 5 aromatic rings. The molecule has 2 N–H and O–H groups in total. The lowest BCUT2D eigenvalue weighted by atomic mass is 9.87. The van der Waals surface area contributed by atoms with Gasteiger partial charge in [0.25, 0.3) is 5.91 Å². The number of amides is 2. The minimum absolute atomic E-state index is 0.0212. The van der Waals surface area contributed by atoms with E-state index in [1.807, 2.05) is 60.9 Å². The minimum atomic E-state index is -0.244. The number of hydrogen-bond donors (Lipinski definition) is 2. The molecule has 2 amide bonds. The van der Waals surface area contributed by atoms with E-state index in [-0.39, 0.29) is 23.0 Å². The summed E-state index contributed by atoms with van der Waals surface area (Å²) in [6.07, 6.45) is 0. The van der Waals surface area contributed by atoms with Crippen molar-refractivity contribution in [2.45, 2.75) is 45.2 Å². The molecule has 47 heavy (non-hydrogen) atoms. The number of hydrogen-bond acceptors (Lipinski definition) is 7. The molecule has 0 spiro atoms. The first kappa shape index (κ1) is 33.3. The summed E-state index contributed by atoms with van der Waals surface area (Å²) in [4.78, 5) is 26.0. The number of benzene rings is 4. The molecule has 1 heterocycles. The van der Waals surface area contributed by atoms with Crippen LogP contribution in [0.15, 0.2) is 96.2 Å². The van der Waals surface area contributed by atoms with Gasteiger partial charge in [0.05, 0.1) is 25.2 Å². The van der Waals surface area contributed by atoms with Gasteiger partial charge in [-0.3, -0.25) is 14.2 Å². The monoisotopic (exact) mass is 649 g/mol. The molecule has 4 aromatic carbocycles. The van der Waals surface area contributed by atoms with Gasteiger partial charge in [0.2, 0.25) is 5.91 Å². The number of aryl methyl sites for hydroxylation is 1. The van der Waals surface area contributed by atoms with Crippen LogP contribution in [0.25, 0.3) is 17.1 Å². The molecule has 1 aromatic heterocycles. The Labute approximate surface area is 279 Å². The maximum Gasteiger partial charge on any atom is 0.255 e. The molecule has 10 heteroatoms. The largest absolute Gasteiger partial charge is 0.494 e. The zero-order valence-corrected chi connectivity index (χ0v) is 28.3. The van der Waals surface area contributed by atoms with Crippen LogP contribution in [0.1, 0.15) is 49.2 Å². The van der Waals surface area contributed by atoms with Crippen LogP contribution in [-0.2, 0) is 10.2 Å². The topological polar surface area (TPSA) is 107 Å². The normalized spacial score (nSPS) is 11.2. The standard InChI is InChI=1S/C37H39N5O4S/c1-7-46-29-19-17-28(18-20-29)42-34(25-13-15-27(16-14-25)37(3,4)5)40-41-36(42)47-23-33(43)38-31-21-24(2)30(22-32(31)45-6)39-35(44)26-11-9-8-10-12-26/h8-22H,7,23H2,1-6H3,(H,38,43)(H,39,44). The first-order chi connectivity index (χ1) is 22.6. The second-order valence-electron chi connectivity index (χ2n) is 11.9. The summed E-state index contributed by atoms with van der Waals surface area (Å²) >= 11 is 1.28. The number of carbonyl (C=O) groups excluding carboxylic acids is 2. The van der Waals surface area contributed by atoms with E-state index < -0.39 is 0 Å². The van der Waals surface area contributed by atoms with Crippen molar-refractivity contribution in [2.75, 3.05) is 30.1 Å². The van der Waals surface area contributed by atoms with Crippen LogP contribution in [0.3, 0.4) is 0 Å². The zero-order valence-electron chi connectivity index (χ0n) is 27.5. The second kappa shape index (κ2) is 14.6. The average molecular weight is 650 g/mol. The Kier molecular flexibility index (Phi) is 10.3. The molecular weight excluding hydrogens is 611 g/mol. The first-order valence-electron chi connectivity index (χ1n) is 15.3. The quantitative estimate of drug-likeness (QED) is 0.140. The lowest BCUT2D eigenvalue weighted by Crippen LogP contribution is -2.16. The van der Waals surface area contributed by atoms with E-state index >= 15 is 0 Å². The molecule has 0 saturated carbocycles. The molecule has 0 aliphatic rings. The van der Waals surface area contributed by atoms with Crippen molar-refractivity contribution in [3.63, 3.8) is 0 Å². The molecule has 0 atom stereocenters. The van der Waals surface area contributed by atoms with Crippen molar-refractivity contribution in [1.29, 1.82) is 0 Å². The lowest BCUT2D eigenvalue weighted by Gasteiger charge is -2.19. The van der Waals surface area contributed by atoms with Gasteiger partial charge in [-0.2, -0.15) is 0 Å². The highest BCUT2D eigenvalue weighted by molar-refractivity contribution is 7.99. The lowest BCUT2D eigenvalue weighted by molar-refractivity contribution is -0.113. The van der Waals surface area contributed by atoms with Crippen LogP contribution < -0.4 is 20.1 Å². The number of aromatic nitrogens is 3. The molecular formula is C37H39N5O4S. The van der Waals surface area contributed by atoms with Crippen LogP contribution in [0.4, 0.5) is 11.4 Å². The number of methoxy groups -OCH3 is 1. The highest BCUT2D eigenvalue weighted by Crippen LogP contribution is 2.33. The van der Waals surface area contributed by atoms with Crippen LogP contribution in [0.5, 0.6) is 11.5 Å². The zero-order chi connectivity index (χ0) is 33.6. The van der Waals surface area contributed by atoms with Gasteiger partial charge in [-0.15, -0.1) is 10.2 Å². The molecule has 0 aliphatic carbocycles. The van der Waals surface area contributed by atoms with Gasteiger partial charge < -0.3 is 20.1 Å². The number of nitrogens with one attached hydrogen (secondary N) is 2. The van der Waals surface area contributed by atoms with Crippen LogP contribution in [-0.4, -0.2) is 46.0 Å². The Morgan fingerprint density at radius 2 is 1.57 bits per heavy atom. The first-order valence-corrected chi connectivity index (χ1v) is 16.3. The van der Waals surface area contributed by atoms with E-state index in [2.05, 4.69) is 65.9 Å². The van der Waals surface area contributed by atoms with Gasteiger partial charge in [0.1, 0.15) is 11.5 Å². The molecule has 9 nitrogen and oxygen atoms in total. The highest BCUT2D eigenvalue weighted by Gasteiger charge is 2.20. The average Bonchev–Trinajstić information content (AvgIpc) is 3.49. The summed E-state index contributed by atoms with van der Waals surface area (Å²) < 4.78 is 13.2. The van der Waals surface area contributed by atoms with Gasteiger partial charge in [-0.1, -0.05) is 75.0 Å². The molecule has 0 radical (unpaired) electrons. The number of thioether (sulfide) groups is 1. The van der Waals surface area contributed by atoms with Gasteiger partial charge in [-0.05, 0) is 72.9 Å². The molecule has 0 unspecified atom stereocenters. The van der Waals surface area contributed by atoms with E-state index in [0.717, 1.165) is 22.6 Å². The van der Waals surface area contributed by atoms with Crippen molar-refractivity contribution in [3.05, 3.63) is 108 Å². The minimum Gasteiger partial charge on any atom is -0.494 e. The van der Waals surface area contributed by atoms with Crippen molar-refractivity contribution in [2.24, 2.45) is 0 Å². The van der Waals surface area contributed by atoms with E-state index in [9.17, 15) is 9.59 Å².